The molecule has 1 amide bonds. The summed E-state index contributed by atoms with van der Waals surface area (Å²) < 4.78 is 0. The molecule has 0 spiro atoms. The van der Waals surface area contributed by atoms with Crippen molar-refractivity contribution in [2.45, 2.75) is 51.0 Å². The van der Waals surface area contributed by atoms with Gasteiger partial charge in [0.15, 0.2) is 5.13 Å². The molecule has 21 heavy (non-hydrogen) atoms. The van der Waals surface area contributed by atoms with Crippen LogP contribution in [0, 0.1) is 17.8 Å². The number of aromatic nitrogens is 1. The third kappa shape index (κ3) is 2.60. The summed E-state index contributed by atoms with van der Waals surface area (Å²) in [6, 6.07) is 0.0586. The van der Waals surface area contributed by atoms with Gasteiger partial charge in [-0.2, -0.15) is 0 Å². The average molecular weight is 328 g/mol. The van der Waals surface area contributed by atoms with Gasteiger partial charge in [-0.15, -0.1) is 23.7 Å². The van der Waals surface area contributed by atoms with Gasteiger partial charge in [-0.25, -0.2) is 4.98 Å². The third-order valence-corrected chi connectivity index (χ3v) is 6.43. The van der Waals surface area contributed by atoms with Crippen LogP contribution in [0.2, 0.25) is 0 Å². The van der Waals surface area contributed by atoms with Gasteiger partial charge in [0.25, 0.3) is 0 Å². The molecule has 1 aromatic heterocycles. The number of amides is 1. The van der Waals surface area contributed by atoms with Gasteiger partial charge in [0, 0.05) is 10.9 Å². The summed E-state index contributed by atoms with van der Waals surface area (Å²) in [7, 11) is 0. The molecule has 6 heteroatoms. The Kier molecular flexibility index (Phi) is 4.26. The van der Waals surface area contributed by atoms with Crippen molar-refractivity contribution in [3.05, 3.63) is 10.6 Å². The molecule has 1 heterocycles. The van der Waals surface area contributed by atoms with Crippen LogP contribution >= 0.6 is 23.7 Å². The van der Waals surface area contributed by atoms with Crippen LogP contribution in [0.3, 0.4) is 0 Å². The molecule has 3 N–H and O–H groups in total. The smallest absolute Gasteiger partial charge is 0.231 e. The zero-order chi connectivity index (χ0) is 13.7. The number of nitrogens with zero attached hydrogens (tertiary/aromatic N) is 1. The zero-order valence-electron chi connectivity index (χ0n) is 12.0. The average Bonchev–Trinajstić information content (AvgIpc) is 3.10. The quantitative estimate of drug-likeness (QED) is 0.877. The normalized spacial score (nSPS) is 33.4. The summed E-state index contributed by atoms with van der Waals surface area (Å²) in [4.78, 5) is 18.5. The molecule has 4 atom stereocenters. The van der Waals surface area contributed by atoms with Crippen molar-refractivity contribution in [2.24, 2.45) is 23.5 Å². The van der Waals surface area contributed by atoms with Crippen LogP contribution in [0.15, 0.2) is 0 Å². The predicted octanol–water partition coefficient (Wildman–Crippen LogP) is 2.76. The molecular weight excluding hydrogens is 306 g/mol. The number of thiazole rings is 1. The van der Waals surface area contributed by atoms with Crippen molar-refractivity contribution >= 4 is 34.8 Å². The van der Waals surface area contributed by atoms with Gasteiger partial charge in [-0.1, -0.05) is 0 Å². The second kappa shape index (κ2) is 5.86. The third-order valence-electron chi connectivity index (χ3n) is 5.36. The lowest BCUT2D eigenvalue weighted by molar-refractivity contribution is -0.121. The number of nitrogens with two attached hydrogens (primary N) is 1. The van der Waals surface area contributed by atoms with E-state index >= 15 is 0 Å². The van der Waals surface area contributed by atoms with E-state index in [2.05, 4.69) is 10.3 Å². The van der Waals surface area contributed by atoms with Crippen LogP contribution in [0.25, 0.3) is 0 Å². The highest BCUT2D eigenvalue weighted by Gasteiger charge is 2.49. The van der Waals surface area contributed by atoms with E-state index in [9.17, 15) is 4.79 Å². The molecule has 0 saturated heterocycles. The minimum atomic E-state index is 0. The first-order chi connectivity index (χ1) is 9.72. The standard InChI is InChI=1S/C15H21N3OS.ClH/c16-13-9-6-5-8(7-9)12(13)14(19)18-15-17-10-3-1-2-4-11(10)20-15;/h8-9,12-13H,1-7,16H2,(H,17,18,19);1H. The fourth-order valence-corrected chi connectivity index (χ4v) is 5.37. The monoisotopic (exact) mass is 327 g/mol. The Bertz CT molecular complexity index is 522. The minimum Gasteiger partial charge on any atom is -0.327 e. The second-order valence-corrected chi connectivity index (χ2v) is 7.61. The molecule has 2 saturated carbocycles. The molecule has 0 radical (unpaired) electrons. The summed E-state index contributed by atoms with van der Waals surface area (Å²) in [6.45, 7) is 0. The molecule has 4 unspecified atom stereocenters. The van der Waals surface area contributed by atoms with E-state index in [0.717, 1.165) is 24.4 Å². The Morgan fingerprint density at radius 3 is 2.71 bits per heavy atom. The number of aryl methyl sites for hydroxylation is 2. The lowest BCUT2D eigenvalue weighted by atomic mass is 9.84. The molecule has 1 aromatic rings. The van der Waals surface area contributed by atoms with E-state index in [1.165, 1.54) is 36.3 Å². The lowest BCUT2D eigenvalue weighted by Gasteiger charge is -2.26. The van der Waals surface area contributed by atoms with Gasteiger partial charge in [-0.05, 0) is 56.8 Å². The minimum absolute atomic E-state index is 0. The number of anilines is 1. The molecule has 0 aliphatic heterocycles. The first-order valence-electron chi connectivity index (χ1n) is 7.77. The Morgan fingerprint density at radius 1 is 1.24 bits per heavy atom. The van der Waals surface area contributed by atoms with Crippen molar-refractivity contribution < 1.29 is 4.79 Å². The van der Waals surface area contributed by atoms with E-state index in [-0.39, 0.29) is 30.3 Å². The van der Waals surface area contributed by atoms with Crippen molar-refractivity contribution in [1.82, 2.24) is 4.98 Å². The summed E-state index contributed by atoms with van der Waals surface area (Å²) in [6.07, 6.45) is 8.19. The van der Waals surface area contributed by atoms with Gasteiger partial charge in [0.2, 0.25) is 5.91 Å². The van der Waals surface area contributed by atoms with Crippen molar-refractivity contribution in [3.8, 4) is 0 Å². The molecular formula is C15H22ClN3OS. The number of rotatable bonds is 2. The maximum atomic E-state index is 12.5. The number of hydrogen-bond donors (Lipinski definition) is 2. The molecule has 0 aromatic carbocycles. The van der Waals surface area contributed by atoms with Crippen LogP contribution in [-0.2, 0) is 17.6 Å². The Morgan fingerprint density at radius 2 is 2.00 bits per heavy atom. The molecule has 116 valence electrons. The van der Waals surface area contributed by atoms with Crippen molar-refractivity contribution in [3.63, 3.8) is 0 Å². The SMILES string of the molecule is Cl.NC1C2CCC(C2)C1C(=O)Nc1nc2c(s1)CCCC2. The van der Waals surface area contributed by atoms with E-state index in [1.54, 1.807) is 11.3 Å². The summed E-state index contributed by atoms with van der Waals surface area (Å²) in [5.41, 5.74) is 7.44. The Hall–Kier alpha value is -0.650. The molecule has 3 aliphatic carbocycles. The van der Waals surface area contributed by atoms with Crippen LogP contribution in [0.1, 0.15) is 42.7 Å². The highest BCUT2D eigenvalue weighted by Crippen LogP contribution is 2.48. The van der Waals surface area contributed by atoms with Crippen LogP contribution in [0.4, 0.5) is 5.13 Å². The van der Waals surface area contributed by atoms with Gasteiger partial charge in [-0.3, -0.25) is 4.79 Å². The molecule has 4 rings (SSSR count). The number of halogens is 1. The summed E-state index contributed by atoms with van der Waals surface area (Å²) in [5.74, 6) is 1.19. The molecule has 2 bridgehead atoms. The number of nitrogens with one attached hydrogen (secondary N) is 1. The van der Waals surface area contributed by atoms with E-state index in [1.807, 2.05) is 0 Å². The van der Waals surface area contributed by atoms with Gasteiger partial charge >= 0.3 is 0 Å². The first kappa shape index (κ1) is 15.3. The predicted molar refractivity (Wildman–Crippen MR) is 86.9 cm³/mol. The van der Waals surface area contributed by atoms with E-state index < -0.39 is 0 Å². The number of hydrogen-bond acceptors (Lipinski definition) is 4. The second-order valence-electron chi connectivity index (χ2n) is 6.52. The zero-order valence-corrected chi connectivity index (χ0v) is 13.6. The summed E-state index contributed by atoms with van der Waals surface area (Å²) in [5, 5.41) is 3.83. The largest absolute Gasteiger partial charge is 0.327 e. The van der Waals surface area contributed by atoms with Gasteiger partial charge in [0.05, 0.1) is 11.6 Å². The highest BCUT2D eigenvalue weighted by atomic mass is 35.5. The topological polar surface area (TPSA) is 68.0 Å². The fourth-order valence-electron chi connectivity index (χ4n) is 4.32. The maximum absolute atomic E-state index is 12.5. The highest BCUT2D eigenvalue weighted by molar-refractivity contribution is 7.15. The van der Waals surface area contributed by atoms with Gasteiger partial charge < -0.3 is 11.1 Å². The molecule has 4 nitrogen and oxygen atoms in total. The van der Waals surface area contributed by atoms with E-state index in [4.69, 9.17) is 5.73 Å². The molecule has 3 aliphatic rings. The Balaban J connectivity index is 0.00000132. The summed E-state index contributed by atoms with van der Waals surface area (Å²) >= 11 is 1.66. The van der Waals surface area contributed by atoms with Crippen LogP contribution in [0.5, 0.6) is 0 Å². The van der Waals surface area contributed by atoms with E-state index in [0.29, 0.717) is 11.8 Å². The van der Waals surface area contributed by atoms with Crippen LogP contribution < -0.4 is 11.1 Å². The molecule has 2 fully saturated rings. The lowest BCUT2D eigenvalue weighted by Crippen LogP contribution is -2.42. The number of fused-ring (bicyclic) bond motifs is 3. The fraction of sp³-hybridized carbons (Fsp3) is 0.733. The number of carbonyl (C=O) groups is 1. The first-order valence-corrected chi connectivity index (χ1v) is 8.59. The van der Waals surface area contributed by atoms with Crippen molar-refractivity contribution in [2.75, 3.05) is 5.32 Å². The van der Waals surface area contributed by atoms with Crippen LogP contribution in [-0.4, -0.2) is 16.9 Å². The number of carbonyl (C=O) groups excluding carboxylic acids is 1. The van der Waals surface area contributed by atoms with Gasteiger partial charge in [0.1, 0.15) is 0 Å². The maximum Gasteiger partial charge on any atom is 0.231 e. The van der Waals surface area contributed by atoms with Crippen molar-refractivity contribution in [1.29, 1.82) is 0 Å². The Labute approximate surface area is 135 Å².